The molecule has 0 aliphatic rings. The Morgan fingerprint density at radius 2 is 1.59 bits per heavy atom. The smallest absolute Gasteiger partial charge is 0.220 e. The zero-order chi connectivity index (χ0) is 13.5. The van der Waals surface area contributed by atoms with Gasteiger partial charge in [0.05, 0.1) is 11.1 Å². The maximum atomic E-state index is 11.7. The van der Waals surface area contributed by atoms with E-state index in [1.807, 2.05) is 13.8 Å². The van der Waals surface area contributed by atoms with Gasteiger partial charge in [-0.3, -0.25) is 4.79 Å². The SMILES string of the molecule is CCCCCCCC(=O)NC(C)(C)C(C)(C)O. The van der Waals surface area contributed by atoms with E-state index < -0.39 is 11.1 Å². The van der Waals surface area contributed by atoms with Crippen molar-refractivity contribution in [1.82, 2.24) is 5.32 Å². The largest absolute Gasteiger partial charge is 0.388 e. The monoisotopic (exact) mass is 243 g/mol. The van der Waals surface area contributed by atoms with Crippen molar-refractivity contribution in [2.24, 2.45) is 0 Å². The van der Waals surface area contributed by atoms with Crippen LogP contribution < -0.4 is 5.32 Å². The lowest BCUT2D eigenvalue weighted by molar-refractivity contribution is -0.126. The molecule has 0 heterocycles. The number of aliphatic hydroxyl groups is 1. The maximum absolute atomic E-state index is 11.7. The van der Waals surface area contributed by atoms with Crippen molar-refractivity contribution in [3.05, 3.63) is 0 Å². The molecule has 0 aromatic rings. The molecule has 1 amide bonds. The highest BCUT2D eigenvalue weighted by Gasteiger charge is 2.35. The Bertz CT molecular complexity index is 229. The second-order valence-electron chi connectivity index (χ2n) is 5.90. The quantitative estimate of drug-likeness (QED) is 0.644. The van der Waals surface area contributed by atoms with Crippen molar-refractivity contribution in [3.63, 3.8) is 0 Å². The highest BCUT2D eigenvalue weighted by molar-refractivity contribution is 5.76. The van der Waals surface area contributed by atoms with Crippen molar-refractivity contribution >= 4 is 5.91 Å². The molecule has 0 fully saturated rings. The Hall–Kier alpha value is -0.570. The van der Waals surface area contributed by atoms with E-state index in [-0.39, 0.29) is 5.91 Å². The lowest BCUT2D eigenvalue weighted by Crippen LogP contribution is -2.57. The van der Waals surface area contributed by atoms with E-state index in [0.717, 1.165) is 12.8 Å². The summed E-state index contributed by atoms with van der Waals surface area (Å²) in [7, 11) is 0. The van der Waals surface area contributed by atoms with Gasteiger partial charge in [0.25, 0.3) is 0 Å². The molecule has 0 atom stereocenters. The number of rotatable bonds is 8. The molecular formula is C14H29NO2. The van der Waals surface area contributed by atoms with Gasteiger partial charge in [0.15, 0.2) is 0 Å². The number of nitrogens with one attached hydrogen (secondary N) is 1. The van der Waals surface area contributed by atoms with Gasteiger partial charge >= 0.3 is 0 Å². The third-order valence-electron chi connectivity index (χ3n) is 3.49. The fourth-order valence-electron chi connectivity index (χ4n) is 1.45. The average Bonchev–Trinajstić information content (AvgIpc) is 2.14. The van der Waals surface area contributed by atoms with Crippen molar-refractivity contribution in [2.45, 2.75) is 84.3 Å². The molecule has 3 heteroatoms. The zero-order valence-corrected chi connectivity index (χ0v) is 12.1. The molecule has 0 unspecified atom stereocenters. The first-order valence-corrected chi connectivity index (χ1v) is 6.74. The number of hydrogen-bond acceptors (Lipinski definition) is 2. The highest BCUT2D eigenvalue weighted by Crippen LogP contribution is 2.20. The standard InChI is InChI=1S/C14H29NO2/c1-6-7-8-9-10-11-12(16)15-13(2,3)14(4,5)17/h17H,6-11H2,1-5H3,(H,15,16). The summed E-state index contributed by atoms with van der Waals surface area (Å²) in [6.07, 6.45) is 6.29. The summed E-state index contributed by atoms with van der Waals surface area (Å²) in [5, 5.41) is 12.8. The molecule has 102 valence electrons. The molecule has 0 saturated heterocycles. The molecule has 0 aromatic carbocycles. The van der Waals surface area contributed by atoms with Crippen molar-refractivity contribution in [1.29, 1.82) is 0 Å². The summed E-state index contributed by atoms with van der Waals surface area (Å²) in [6, 6.07) is 0. The van der Waals surface area contributed by atoms with E-state index in [1.165, 1.54) is 19.3 Å². The minimum Gasteiger partial charge on any atom is -0.388 e. The predicted octanol–water partition coefficient (Wildman–Crippen LogP) is 3.01. The number of amides is 1. The number of hydrogen-bond donors (Lipinski definition) is 2. The zero-order valence-electron chi connectivity index (χ0n) is 12.1. The third kappa shape index (κ3) is 6.67. The van der Waals surface area contributed by atoms with Gasteiger partial charge in [-0.25, -0.2) is 0 Å². The average molecular weight is 243 g/mol. The van der Waals surface area contributed by atoms with Crippen LogP contribution in [0.5, 0.6) is 0 Å². The summed E-state index contributed by atoms with van der Waals surface area (Å²) < 4.78 is 0. The van der Waals surface area contributed by atoms with E-state index >= 15 is 0 Å². The van der Waals surface area contributed by atoms with E-state index in [9.17, 15) is 9.90 Å². The van der Waals surface area contributed by atoms with Crippen molar-refractivity contribution in [2.75, 3.05) is 0 Å². The highest BCUT2D eigenvalue weighted by atomic mass is 16.3. The molecule has 0 aliphatic heterocycles. The van der Waals surface area contributed by atoms with Gasteiger partial charge < -0.3 is 10.4 Å². The molecule has 0 aromatic heterocycles. The molecule has 0 rings (SSSR count). The fourth-order valence-corrected chi connectivity index (χ4v) is 1.45. The summed E-state index contributed by atoms with van der Waals surface area (Å²) >= 11 is 0. The minimum absolute atomic E-state index is 0.0358. The summed E-state index contributed by atoms with van der Waals surface area (Å²) in [5.41, 5.74) is -1.50. The molecule has 0 aliphatic carbocycles. The molecule has 3 nitrogen and oxygen atoms in total. The van der Waals surface area contributed by atoms with E-state index in [2.05, 4.69) is 12.2 Å². The molecule has 2 N–H and O–H groups in total. The molecule has 17 heavy (non-hydrogen) atoms. The van der Waals surface area contributed by atoms with Crippen LogP contribution in [-0.4, -0.2) is 22.2 Å². The number of unbranched alkanes of at least 4 members (excludes halogenated alkanes) is 4. The first-order valence-electron chi connectivity index (χ1n) is 6.74. The van der Waals surface area contributed by atoms with Gasteiger partial charge in [0.1, 0.15) is 0 Å². The first-order chi connectivity index (χ1) is 7.70. The second kappa shape index (κ2) is 7.00. The molecule has 0 spiro atoms. The van der Waals surface area contributed by atoms with Crippen LogP contribution in [0.2, 0.25) is 0 Å². The van der Waals surface area contributed by atoms with Gasteiger partial charge in [0, 0.05) is 6.42 Å². The van der Waals surface area contributed by atoms with Crippen LogP contribution in [0.4, 0.5) is 0 Å². The van der Waals surface area contributed by atoms with E-state index in [4.69, 9.17) is 0 Å². The van der Waals surface area contributed by atoms with Crippen molar-refractivity contribution < 1.29 is 9.90 Å². The fraction of sp³-hybridized carbons (Fsp3) is 0.929. The number of carbonyl (C=O) groups is 1. The van der Waals surface area contributed by atoms with Crippen LogP contribution in [0, 0.1) is 0 Å². The molecular weight excluding hydrogens is 214 g/mol. The Morgan fingerprint density at radius 1 is 1.06 bits per heavy atom. The Labute approximate surface area is 106 Å². The molecule has 0 radical (unpaired) electrons. The van der Waals surface area contributed by atoms with E-state index in [0.29, 0.717) is 6.42 Å². The van der Waals surface area contributed by atoms with Gasteiger partial charge in [-0.15, -0.1) is 0 Å². The summed E-state index contributed by atoms with van der Waals surface area (Å²) in [6.45, 7) is 9.31. The minimum atomic E-state index is -0.912. The predicted molar refractivity (Wildman–Crippen MR) is 71.9 cm³/mol. The molecule has 0 saturated carbocycles. The Balaban J connectivity index is 3.87. The first kappa shape index (κ1) is 16.4. The van der Waals surface area contributed by atoms with Crippen LogP contribution in [-0.2, 0) is 4.79 Å². The Morgan fingerprint density at radius 3 is 2.06 bits per heavy atom. The van der Waals surface area contributed by atoms with Crippen LogP contribution >= 0.6 is 0 Å². The normalized spacial score (nSPS) is 12.6. The third-order valence-corrected chi connectivity index (χ3v) is 3.49. The lowest BCUT2D eigenvalue weighted by Gasteiger charge is -2.38. The topological polar surface area (TPSA) is 49.3 Å². The van der Waals surface area contributed by atoms with Crippen LogP contribution in [0.25, 0.3) is 0 Å². The van der Waals surface area contributed by atoms with E-state index in [1.54, 1.807) is 13.8 Å². The second-order valence-corrected chi connectivity index (χ2v) is 5.90. The van der Waals surface area contributed by atoms with Gasteiger partial charge in [-0.05, 0) is 34.1 Å². The maximum Gasteiger partial charge on any atom is 0.220 e. The van der Waals surface area contributed by atoms with Crippen LogP contribution in [0.15, 0.2) is 0 Å². The molecule has 0 bridgehead atoms. The Kier molecular flexibility index (Phi) is 6.76. The van der Waals surface area contributed by atoms with Crippen LogP contribution in [0.3, 0.4) is 0 Å². The van der Waals surface area contributed by atoms with Gasteiger partial charge in [-0.2, -0.15) is 0 Å². The van der Waals surface area contributed by atoms with Gasteiger partial charge in [0.2, 0.25) is 5.91 Å². The van der Waals surface area contributed by atoms with Gasteiger partial charge in [-0.1, -0.05) is 32.6 Å². The van der Waals surface area contributed by atoms with Crippen LogP contribution in [0.1, 0.15) is 73.1 Å². The summed E-state index contributed by atoms with van der Waals surface area (Å²) in [4.78, 5) is 11.7. The summed E-state index contributed by atoms with van der Waals surface area (Å²) in [5.74, 6) is 0.0358. The van der Waals surface area contributed by atoms with Crippen molar-refractivity contribution in [3.8, 4) is 0 Å². The lowest BCUT2D eigenvalue weighted by atomic mass is 9.86. The number of carbonyl (C=O) groups excluding carboxylic acids is 1.